The number of allylic oxidation sites excluding steroid dienone is 1. The molecule has 2 aliphatic carbocycles. The predicted molar refractivity (Wildman–Crippen MR) is 73.5 cm³/mol. The molecule has 0 spiro atoms. The van der Waals surface area contributed by atoms with Gasteiger partial charge in [-0.15, -0.1) is 0 Å². The van der Waals surface area contributed by atoms with Crippen LogP contribution in [0, 0.1) is 23.2 Å². The fourth-order valence-electron chi connectivity index (χ4n) is 3.90. The Hall–Kier alpha value is -1.12. The summed E-state index contributed by atoms with van der Waals surface area (Å²) in [5, 5.41) is 0. The first-order valence-corrected chi connectivity index (χ1v) is 7.21. The van der Waals surface area contributed by atoms with Crippen molar-refractivity contribution in [2.45, 2.75) is 47.5 Å². The molecular weight excluding hydrogens is 240 g/mol. The van der Waals surface area contributed by atoms with Gasteiger partial charge in [-0.05, 0) is 55.4 Å². The Kier molecular flexibility index (Phi) is 3.59. The largest absolute Gasteiger partial charge is 0.462 e. The fourth-order valence-corrected chi connectivity index (χ4v) is 3.90. The van der Waals surface area contributed by atoms with Crippen LogP contribution in [0.3, 0.4) is 0 Å². The van der Waals surface area contributed by atoms with E-state index in [1.165, 1.54) is 6.92 Å². The summed E-state index contributed by atoms with van der Waals surface area (Å²) in [6.07, 6.45) is 2.00. The lowest BCUT2D eigenvalue weighted by Gasteiger charge is -2.37. The molecule has 0 amide bonds. The number of fused-ring (bicyclic) bond motifs is 2. The highest BCUT2D eigenvalue weighted by molar-refractivity contribution is 6.17. The Labute approximate surface area is 115 Å². The molecule has 2 rings (SSSR count). The van der Waals surface area contributed by atoms with E-state index in [-0.39, 0.29) is 5.78 Å². The van der Waals surface area contributed by atoms with Crippen LogP contribution in [0.1, 0.15) is 47.5 Å². The third-order valence-electron chi connectivity index (χ3n) is 5.43. The smallest absolute Gasteiger partial charge is 0.341 e. The Balaban J connectivity index is 2.38. The minimum absolute atomic E-state index is 0.147. The van der Waals surface area contributed by atoms with Crippen LogP contribution < -0.4 is 0 Å². The first kappa shape index (κ1) is 14.3. The SMILES string of the molecule is CCOC(=O)/C(C(C)=O)=C1\CC2CC1C(C)C2(C)C. The molecule has 3 nitrogen and oxygen atoms in total. The molecule has 3 unspecified atom stereocenters. The number of carbonyl (C=O) groups is 2. The van der Waals surface area contributed by atoms with Gasteiger partial charge >= 0.3 is 5.97 Å². The highest BCUT2D eigenvalue weighted by atomic mass is 16.5. The van der Waals surface area contributed by atoms with Gasteiger partial charge in [-0.1, -0.05) is 20.8 Å². The van der Waals surface area contributed by atoms with Crippen molar-refractivity contribution in [3.05, 3.63) is 11.1 Å². The van der Waals surface area contributed by atoms with Crippen LogP contribution in [0.25, 0.3) is 0 Å². The zero-order valence-electron chi connectivity index (χ0n) is 12.6. The number of ketones is 1. The summed E-state index contributed by atoms with van der Waals surface area (Å²) in [6.45, 7) is 10.4. The number of Topliss-reactive ketones (excluding diaryl/α,β-unsaturated/α-hetero) is 1. The molecule has 0 aromatic heterocycles. The maximum atomic E-state index is 12.0. The number of ether oxygens (including phenoxy) is 1. The van der Waals surface area contributed by atoms with Gasteiger partial charge in [0, 0.05) is 0 Å². The summed E-state index contributed by atoms with van der Waals surface area (Å²) in [5.41, 5.74) is 1.70. The molecule has 2 aliphatic rings. The van der Waals surface area contributed by atoms with E-state index >= 15 is 0 Å². The van der Waals surface area contributed by atoms with E-state index in [0.717, 1.165) is 18.4 Å². The number of carbonyl (C=O) groups excluding carboxylic acids is 2. The van der Waals surface area contributed by atoms with Crippen molar-refractivity contribution in [2.24, 2.45) is 23.2 Å². The van der Waals surface area contributed by atoms with Crippen LogP contribution in [0.2, 0.25) is 0 Å². The van der Waals surface area contributed by atoms with Gasteiger partial charge in [-0.2, -0.15) is 0 Å². The molecule has 2 saturated carbocycles. The molecule has 0 aliphatic heterocycles. The van der Waals surface area contributed by atoms with Gasteiger partial charge < -0.3 is 4.74 Å². The molecule has 3 atom stereocenters. The lowest BCUT2D eigenvalue weighted by atomic mass is 9.67. The molecule has 3 heteroatoms. The van der Waals surface area contributed by atoms with Gasteiger partial charge in [-0.3, -0.25) is 4.79 Å². The molecule has 0 heterocycles. The summed E-state index contributed by atoms with van der Waals surface area (Å²) in [5.74, 6) is 0.910. The van der Waals surface area contributed by atoms with Crippen LogP contribution in [-0.2, 0) is 14.3 Å². The summed E-state index contributed by atoms with van der Waals surface area (Å²) in [6, 6.07) is 0. The zero-order chi connectivity index (χ0) is 14.4. The summed E-state index contributed by atoms with van der Waals surface area (Å²) < 4.78 is 5.05. The molecule has 2 fully saturated rings. The van der Waals surface area contributed by atoms with Gasteiger partial charge in [0.05, 0.1) is 6.61 Å². The van der Waals surface area contributed by atoms with E-state index in [2.05, 4.69) is 20.8 Å². The van der Waals surface area contributed by atoms with E-state index in [0.29, 0.717) is 35.3 Å². The number of rotatable bonds is 3. The third-order valence-corrected chi connectivity index (χ3v) is 5.43. The standard InChI is InChI=1S/C16H24O3/c1-6-19-15(18)14(10(3)17)13-8-11-7-12(13)9(2)16(11,4)5/h9,11-12H,6-8H2,1-5H3/b14-13+. The highest BCUT2D eigenvalue weighted by Gasteiger charge is 2.54. The minimum Gasteiger partial charge on any atom is -0.462 e. The molecule has 0 radical (unpaired) electrons. The van der Waals surface area contributed by atoms with Crippen molar-refractivity contribution in [1.29, 1.82) is 0 Å². The third kappa shape index (κ3) is 2.13. The topological polar surface area (TPSA) is 43.4 Å². The number of esters is 1. The van der Waals surface area contributed by atoms with E-state index < -0.39 is 5.97 Å². The normalized spacial score (nSPS) is 34.3. The average molecular weight is 264 g/mol. The molecule has 2 bridgehead atoms. The lowest BCUT2D eigenvalue weighted by Crippen LogP contribution is -2.31. The van der Waals surface area contributed by atoms with E-state index in [1.54, 1.807) is 6.92 Å². The second kappa shape index (κ2) is 4.77. The Morgan fingerprint density at radius 3 is 2.42 bits per heavy atom. The lowest BCUT2D eigenvalue weighted by molar-refractivity contribution is -0.140. The van der Waals surface area contributed by atoms with Crippen molar-refractivity contribution >= 4 is 11.8 Å². The van der Waals surface area contributed by atoms with Crippen molar-refractivity contribution in [3.63, 3.8) is 0 Å². The van der Waals surface area contributed by atoms with Crippen LogP contribution in [0.15, 0.2) is 11.1 Å². The van der Waals surface area contributed by atoms with Gasteiger partial charge in [0.25, 0.3) is 0 Å². The highest BCUT2D eigenvalue weighted by Crippen LogP contribution is 2.61. The first-order valence-electron chi connectivity index (χ1n) is 7.21. The summed E-state index contributed by atoms with van der Waals surface area (Å²) in [4.78, 5) is 23.8. The molecule has 106 valence electrons. The summed E-state index contributed by atoms with van der Waals surface area (Å²) in [7, 11) is 0. The van der Waals surface area contributed by atoms with Gasteiger partial charge in [0.2, 0.25) is 0 Å². The van der Waals surface area contributed by atoms with E-state index in [4.69, 9.17) is 4.74 Å². The molecular formula is C16H24O3. The van der Waals surface area contributed by atoms with E-state index in [1.807, 2.05) is 0 Å². The second-order valence-electron chi connectivity index (χ2n) is 6.53. The monoisotopic (exact) mass is 264 g/mol. The Morgan fingerprint density at radius 1 is 1.37 bits per heavy atom. The number of hydrogen-bond acceptors (Lipinski definition) is 3. The van der Waals surface area contributed by atoms with Crippen LogP contribution in [0.4, 0.5) is 0 Å². The van der Waals surface area contributed by atoms with Crippen molar-refractivity contribution in [3.8, 4) is 0 Å². The van der Waals surface area contributed by atoms with Gasteiger partial charge in [0.1, 0.15) is 5.57 Å². The molecule has 0 aromatic rings. The molecule has 0 saturated heterocycles. The van der Waals surface area contributed by atoms with Crippen molar-refractivity contribution in [2.75, 3.05) is 6.61 Å². The molecule has 19 heavy (non-hydrogen) atoms. The van der Waals surface area contributed by atoms with Crippen molar-refractivity contribution < 1.29 is 14.3 Å². The van der Waals surface area contributed by atoms with Crippen LogP contribution >= 0.6 is 0 Å². The van der Waals surface area contributed by atoms with Crippen molar-refractivity contribution in [1.82, 2.24) is 0 Å². The zero-order valence-corrected chi connectivity index (χ0v) is 12.6. The second-order valence-corrected chi connectivity index (χ2v) is 6.53. The quantitative estimate of drug-likeness (QED) is 0.340. The maximum absolute atomic E-state index is 12.0. The summed E-state index contributed by atoms with van der Waals surface area (Å²) >= 11 is 0. The van der Waals surface area contributed by atoms with Gasteiger partial charge in [-0.25, -0.2) is 4.79 Å². The van der Waals surface area contributed by atoms with Gasteiger partial charge in [0.15, 0.2) is 5.78 Å². The molecule has 0 N–H and O–H groups in total. The number of hydrogen-bond donors (Lipinski definition) is 0. The van der Waals surface area contributed by atoms with Crippen LogP contribution in [-0.4, -0.2) is 18.4 Å². The fraction of sp³-hybridized carbons (Fsp3) is 0.750. The average Bonchev–Trinajstić information content (AvgIpc) is 2.80. The molecule has 0 aromatic carbocycles. The Morgan fingerprint density at radius 2 is 2.00 bits per heavy atom. The first-order chi connectivity index (χ1) is 8.80. The predicted octanol–water partition coefficient (Wildman–Crippen LogP) is 3.14. The Bertz CT molecular complexity index is 441. The van der Waals surface area contributed by atoms with E-state index in [9.17, 15) is 9.59 Å². The minimum atomic E-state index is -0.428. The maximum Gasteiger partial charge on any atom is 0.341 e. The van der Waals surface area contributed by atoms with Crippen LogP contribution in [0.5, 0.6) is 0 Å².